The van der Waals surface area contributed by atoms with Gasteiger partial charge in [-0.1, -0.05) is 41.9 Å². The molecule has 0 aliphatic heterocycles. The summed E-state index contributed by atoms with van der Waals surface area (Å²) in [5.41, 5.74) is 1.62. The van der Waals surface area contributed by atoms with E-state index in [0.29, 0.717) is 10.8 Å². The lowest BCUT2D eigenvalue weighted by molar-refractivity contribution is 0.204. The van der Waals surface area contributed by atoms with E-state index in [9.17, 15) is 5.11 Å². The van der Waals surface area contributed by atoms with Crippen molar-refractivity contribution in [2.75, 3.05) is 5.75 Å². The van der Waals surface area contributed by atoms with Crippen molar-refractivity contribution < 1.29 is 9.52 Å². The van der Waals surface area contributed by atoms with Gasteiger partial charge in [0, 0.05) is 21.6 Å². The van der Waals surface area contributed by atoms with E-state index in [2.05, 4.69) is 0 Å². The van der Waals surface area contributed by atoms with Gasteiger partial charge in [0.25, 0.3) is 0 Å². The minimum Gasteiger partial charge on any atom is -0.464 e. The number of hydrogen-bond donors (Lipinski definition) is 1. The first-order valence-corrected chi connectivity index (χ1v) is 7.63. The van der Waals surface area contributed by atoms with E-state index in [1.807, 2.05) is 48.5 Å². The Morgan fingerprint density at radius 3 is 2.70 bits per heavy atom. The average molecular weight is 305 g/mol. The van der Waals surface area contributed by atoms with Crippen molar-refractivity contribution in [3.8, 4) is 0 Å². The van der Waals surface area contributed by atoms with E-state index in [1.54, 1.807) is 6.26 Å². The van der Waals surface area contributed by atoms with Crippen molar-refractivity contribution in [2.45, 2.75) is 11.0 Å². The van der Waals surface area contributed by atoms with Crippen LogP contribution in [0, 0.1) is 0 Å². The number of para-hydroxylation sites is 1. The number of aliphatic hydroxyl groups is 1. The average Bonchev–Trinajstić information content (AvgIpc) is 2.90. The third-order valence-corrected chi connectivity index (χ3v) is 4.69. The molecule has 3 rings (SSSR count). The van der Waals surface area contributed by atoms with E-state index in [4.69, 9.17) is 16.0 Å². The zero-order valence-corrected chi connectivity index (χ0v) is 12.2. The monoisotopic (exact) mass is 304 g/mol. The zero-order valence-electron chi connectivity index (χ0n) is 10.6. The molecule has 1 N–H and O–H groups in total. The van der Waals surface area contributed by atoms with E-state index < -0.39 is 6.10 Å². The van der Waals surface area contributed by atoms with Crippen molar-refractivity contribution in [1.82, 2.24) is 0 Å². The molecule has 1 heterocycles. The Morgan fingerprint density at radius 2 is 1.85 bits per heavy atom. The molecule has 0 aliphatic carbocycles. The Morgan fingerprint density at radius 1 is 1.10 bits per heavy atom. The van der Waals surface area contributed by atoms with Crippen LogP contribution in [0.2, 0.25) is 5.02 Å². The summed E-state index contributed by atoms with van der Waals surface area (Å²) in [5, 5.41) is 12.0. The summed E-state index contributed by atoms with van der Waals surface area (Å²) in [6.07, 6.45) is 1.04. The molecule has 0 saturated heterocycles. The van der Waals surface area contributed by atoms with Gasteiger partial charge < -0.3 is 9.52 Å². The van der Waals surface area contributed by atoms with Crippen LogP contribution in [-0.2, 0) is 0 Å². The van der Waals surface area contributed by atoms with Gasteiger partial charge in [-0.25, -0.2) is 0 Å². The summed E-state index contributed by atoms with van der Waals surface area (Å²) < 4.78 is 5.45. The molecular formula is C16H13ClO2S. The molecule has 0 spiro atoms. The Hall–Kier alpha value is -1.42. The quantitative estimate of drug-likeness (QED) is 0.695. The van der Waals surface area contributed by atoms with Crippen LogP contribution in [0.3, 0.4) is 0 Å². The van der Waals surface area contributed by atoms with E-state index >= 15 is 0 Å². The molecular weight excluding hydrogens is 292 g/mol. The van der Waals surface area contributed by atoms with E-state index in [1.165, 1.54) is 11.8 Å². The highest BCUT2D eigenvalue weighted by molar-refractivity contribution is 7.99. The number of halogens is 1. The zero-order chi connectivity index (χ0) is 13.9. The molecule has 0 aliphatic rings. The van der Waals surface area contributed by atoms with Crippen LogP contribution in [-0.4, -0.2) is 10.9 Å². The second kappa shape index (κ2) is 5.92. The predicted octanol–water partition coefficient (Wildman–Crippen LogP) is 4.91. The molecule has 3 aromatic rings. The topological polar surface area (TPSA) is 33.4 Å². The molecule has 0 fully saturated rings. The molecule has 1 atom stereocenters. The summed E-state index contributed by atoms with van der Waals surface area (Å²) >= 11 is 7.64. The summed E-state index contributed by atoms with van der Waals surface area (Å²) in [6, 6.07) is 15.3. The van der Waals surface area contributed by atoms with Crippen LogP contribution in [0.4, 0.5) is 0 Å². The van der Waals surface area contributed by atoms with Crippen molar-refractivity contribution >= 4 is 34.3 Å². The fourth-order valence-electron chi connectivity index (χ4n) is 2.08. The van der Waals surface area contributed by atoms with Gasteiger partial charge in [0.05, 0.1) is 17.4 Å². The van der Waals surface area contributed by atoms with Gasteiger partial charge >= 0.3 is 0 Å². The van der Waals surface area contributed by atoms with Crippen molar-refractivity contribution in [1.29, 1.82) is 0 Å². The molecule has 1 unspecified atom stereocenters. The molecule has 20 heavy (non-hydrogen) atoms. The molecule has 0 bridgehead atoms. The van der Waals surface area contributed by atoms with Gasteiger partial charge in [0.2, 0.25) is 0 Å². The predicted molar refractivity (Wildman–Crippen MR) is 83.3 cm³/mol. The third kappa shape index (κ3) is 2.70. The number of aliphatic hydroxyl groups excluding tert-OH is 1. The third-order valence-electron chi connectivity index (χ3n) is 3.10. The minimum atomic E-state index is -0.583. The maximum atomic E-state index is 10.3. The highest BCUT2D eigenvalue weighted by Gasteiger charge is 2.15. The molecule has 2 aromatic carbocycles. The van der Waals surface area contributed by atoms with Gasteiger partial charge in [-0.05, 0) is 18.2 Å². The van der Waals surface area contributed by atoms with Gasteiger partial charge in [-0.3, -0.25) is 0 Å². The smallest absolute Gasteiger partial charge is 0.134 e. The van der Waals surface area contributed by atoms with Gasteiger partial charge in [0.15, 0.2) is 0 Å². The standard InChI is InChI=1S/C16H13ClO2S/c17-13-6-2-4-8-16(13)20-10-14(18)12-9-19-15-7-3-1-5-11(12)15/h1-9,14,18H,10H2. The van der Waals surface area contributed by atoms with E-state index in [-0.39, 0.29) is 0 Å². The highest BCUT2D eigenvalue weighted by atomic mass is 35.5. The lowest BCUT2D eigenvalue weighted by atomic mass is 10.1. The summed E-state index contributed by atoms with van der Waals surface area (Å²) in [7, 11) is 0. The molecule has 0 saturated carbocycles. The number of fused-ring (bicyclic) bond motifs is 1. The SMILES string of the molecule is OC(CSc1ccccc1Cl)c1coc2ccccc12. The minimum absolute atomic E-state index is 0.535. The first-order chi connectivity index (χ1) is 9.75. The van der Waals surface area contributed by atoms with E-state index in [0.717, 1.165) is 21.4 Å². The molecule has 0 radical (unpaired) electrons. The highest BCUT2D eigenvalue weighted by Crippen LogP contribution is 2.33. The number of thioether (sulfide) groups is 1. The maximum Gasteiger partial charge on any atom is 0.134 e. The summed E-state index contributed by atoms with van der Waals surface area (Å²) in [5.74, 6) is 0.535. The van der Waals surface area contributed by atoms with Crippen molar-refractivity contribution in [2.24, 2.45) is 0 Å². The lowest BCUT2D eigenvalue weighted by Gasteiger charge is -2.09. The molecule has 102 valence electrons. The summed E-state index contributed by atoms with van der Waals surface area (Å²) in [4.78, 5) is 0.973. The number of benzene rings is 2. The fourth-order valence-corrected chi connectivity index (χ4v) is 3.27. The van der Waals surface area contributed by atoms with Crippen LogP contribution in [0.1, 0.15) is 11.7 Å². The first-order valence-electron chi connectivity index (χ1n) is 6.27. The molecule has 0 amide bonds. The number of rotatable bonds is 4. The fraction of sp³-hybridized carbons (Fsp3) is 0.125. The van der Waals surface area contributed by atoms with Gasteiger partial charge in [0.1, 0.15) is 5.58 Å². The molecule has 1 aromatic heterocycles. The van der Waals surface area contributed by atoms with Crippen LogP contribution in [0.25, 0.3) is 11.0 Å². The maximum absolute atomic E-state index is 10.3. The molecule has 4 heteroatoms. The Bertz CT molecular complexity index is 723. The normalized spacial score (nSPS) is 12.7. The number of furan rings is 1. The lowest BCUT2D eigenvalue weighted by Crippen LogP contribution is -1.99. The van der Waals surface area contributed by atoms with Gasteiger partial charge in [-0.15, -0.1) is 11.8 Å². The Kier molecular flexibility index (Phi) is 4.01. The number of hydrogen-bond acceptors (Lipinski definition) is 3. The largest absolute Gasteiger partial charge is 0.464 e. The van der Waals surface area contributed by atoms with Crippen LogP contribution < -0.4 is 0 Å². The molecule has 2 nitrogen and oxygen atoms in total. The van der Waals surface area contributed by atoms with Gasteiger partial charge in [-0.2, -0.15) is 0 Å². The van der Waals surface area contributed by atoms with Crippen molar-refractivity contribution in [3.63, 3.8) is 0 Å². The summed E-state index contributed by atoms with van der Waals surface area (Å²) in [6.45, 7) is 0. The van der Waals surface area contributed by atoms with Crippen molar-refractivity contribution in [3.05, 3.63) is 65.4 Å². The Labute approximate surface area is 126 Å². The van der Waals surface area contributed by atoms with Crippen LogP contribution >= 0.6 is 23.4 Å². The Balaban J connectivity index is 1.77. The second-order valence-corrected chi connectivity index (χ2v) is 5.91. The van der Waals surface area contributed by atoms with Crippen LogP contribution in [0.15, 0.2) is 64.1 Å². The van der Waals surface area contributed by atoms with Crippen LogP contribution in [0.5, 0.6) is 0 Å². The first kappa shape index (κ1) is 13.6. The second-order valence-electron chi connectivity index (χ2n) is 4.44.